The van der Waals surface area contributed by atoms with Gasteiger partial charge in [-0.3, -0.25) is 0 Å². The van der Waals surface area contributed by atoms with Gasteiger partial charge >= 0.3 is 25.0 Å². The number of nitriles is 1. The van der Waals surface area contributed by atoms with Crippen LogP contribution in [-0.2, 0) is 29.6 Å². The fourth-order valence-corrected chi connectivity index (χ4v) is 14.6. The fourth-order valence-electron chi connectivity index (χ4n) is 5.94. The second-order valence-electron chi connectivity index (χ2n) is 12.7. The Bertz CT molecular complexity index is 1840. The van der Waals surface area contributed by atoms with E-state index in [1.807, 2.05) is 0 Å². The van der Waals surface area contributed by atoms with Gasteiger partial charge in [0.25, 0.3) is 0 Å². The van der Waals surface area contributed by atoms with Crippen LogP contribution in [0.5, 0.6) is 0 Å². The first-order valence-electron chi connectivity index (χ1n) is 17.3. The van der Waals surface area contributed by atoms with E-state index in [4.69, 9.17) is 18.2 Å². The first-order valence-corrected chi connectivity index (χ1v) is 23.3. The van der Waals surface area contributed by atoms with E-state index in [0.29, 0.717) is 0 Å². The first-order chi connectivity index (χ1) is 26.3. The summed E-state index contributed by atoms with van der Waals surface area (Å²) >= 11 is 0. The molecule has 0 fully saturated rings. The summed E-state index contributed by atoms with van der Waals surface area (Å²) in [7, 11) is -7.76. The maximum atomic E-state index is 10.7. The smallest absolute Gasteiger partial charge is 1.00 e. The van der Waals surface area contributed by atoms with Gasteiger partial charge in [0.15, 0.2) is 10.1 Å². The van der Waals surface area contributed by atoms with Crippen LogP contribution >= 0.6 is 23.8 Å². The van der Waals surface area contributed by atoms with Gasteiger partial charge in [-0.1, -0.05) is 189 Å². The molecule has 6 aromatic rings. The first kappa shape index (κ1) is 53.0. The van der Waals surface area contributed by atoms with Crippen molar-refractivity contribution in [2.75, 3.05) is 18.5 Å². The Kier molecular flexibility index (Phi) is 24.0. The molecular weight excluding hydrogens is 946 g/mol. The molecular formula is C44H42Cl2F3NO3P3RhS. The molecule has 0 unspecified atom stereocenters. The van der Waals surface area contributed by atoms with Crippen molar-refractivity contribution >= 4 is 65.7 Å². The number of alkyl halides is 3. The minimum atomic E-state index is -6.09. The molecule has 0 spiro atoms. The molecule has 0 bridgehead atoms. The van der Waals surface area contributed by atoms with E-state index in [1.165, 1.54) is 38.8 Å². The molecule has 0 N–H and O–H groups in total. The third-order valence-corrected chi connectivity index (χ3v) is 17.6. The summed E-state index contributed by atoms with van der Waals surface area (Å²) in [6.45, 7) is 4.04. The van der Waals surface area contributed by atoms with Gasteiger partial charge in [-0.25, -0.2) is 8.42 Å². The molecule has 6 aromatic carbocycles. The van der Waals surface area contributed by atoms with E-state index in [9.17, 15) is 13.2 Å². The number of benzene rings is 6. The van der Waals surface area contributed by atoms with Gasteiger partial charge in [0.1, 0.15) is 0 Å². The normalized spacial score (nSPS) is 11.0. The largest absolute Gasteiger partial charge is 3.00 e. The molecule has 6 rings (SSSR count). The van der Waals surface area contributed by atoms with Crippen molar-refractivity contribution in [2.45, 2.75) is 19.4 Å². The fraction of sp³-hybridized carbons (Fsp3) is 0.159. The SMILES string of the molecule is CC#N.CC(CP(c1ccccc1)c1ccccc1)(CP(c1ccccc1)c1ccccc1)CP(c1ccccc1)c1ccccc1.O=S(=O)([O-])C(F)(F)F.[Cl-].[Cl-].[Rh+3]. The summed E-state index contributed by atoms with van der Waals surface area (Å²) in [4.78, 5) is 0. The van der Waals surface area contributed by atoms with Crippen LogP contribution in [0, 0.1) is 16.7 Å². The summed E-state index contributed by atoms with van der Waals surface area (Å²) in [5.41, 5.74) is -5.57. The Balaban J connectivity index is 0.00000107. The summed E-state index contributed by atoms with van der Waals surface area (Å²) in [6.07, 6.45) is 3.44. The van der Waals surface area contributed by atoms with E-state index in [2.05, 4.69) is 189 Å². The van der Waals surface area contributed by atoms with E-state index in [-0.39, 0.29) is 49.7 Å². The van der Waals surface area contributed by atoms with Crippen LogP contribution in [0.25, 0.3) is 0 Å². The number of rotatable bonds is 12. The van der Waals surface area contributed by atoms with Gasteiger partial charge in [0.05, 0.1) is 6.07 Å². The summed E-state index contributed by atoms with van der Waals surface area (Å²) in [5, 5.41) is 16.1. The Morgan fingerprint density at radius 3 is 0.759 bits per heavy atom. The van der Waals surface area contributed by atoms with Crippen LogP contribution in [0.2, 0.25) is 0 Å². The number of hydrogen-bond acceptors (Lipinski definition) is 4. The van der Waals surface area contributed by atoms with Crippen LogP contribution in [0.15, 0.2) is 182 Å². The van der Waals surface area contributed by atoms with Crippen molar-refractivity contribution in [1.82, 2.24) is 0 Å². The molecule has 0 aliphatic rings. The van der Waals surface area contributed by atoms with Gasteiger partial charge in [-0.15, -0.1) is 0 Å². The third-order valence-electron chi connectivity index (χ3n) is 8.31. The van der Waals surface area contributed by atoms with Crippen molar-refractivity contribution in [1.29, 1.82) is 5.26 Å². The second-order valence-corrected chi connectivity index (χ2v) is 20.7. The predicted octanol–water partition coefficient (Wildman–Crippen LogP) is 2.98. The zero-order chi connectivity index (χ0) is 39.7. The Labute approximate surface area is 370 Å². The molecule has 0 aromatic heterocycles. The Morgan fingerprint density at radius 1 is 0.500 bits per heavy atom. The zero-order valence-electron chi connectivity index (χ0n) is 31.6. The molecule has 0 amide bonds. The van der Waals surface area contributed by atoms with Gasteiger partial charge < -0.3 is 29.4 Å². The summed E-state index contributed by atoms with van der Waals surface area (Å²) in [5.74, 6) is 0. The topological polar surface area (TPSA) is 81.0 Å². The molecule has 0 heterocycles. The van der Waals surface area contributed by atoms with Crippen molar-refractivity contribution in [3.8, 4) is 6.07 Å². The summed E-state index contributed by atoms with van der Waals surface area (Å²) < 4.78 is 58.9. The number of hydrogen-bond donors (Lipinski definition) is 0. The molecule has 14 heteroatoms. The number of nitrogens with zero attached hydrogens (tertiary/aromatic N) is 1. The molecule has 58 heavy (non-hydrogen) atoms. The monoisotopic (exact) mass is 987 g/mol. The molecule has 0 saturated heterocycles. The van der Waals surface area contributed by atoms with E-state index < -0.39 is 39.4 Å². The summed E-state index contributed by atoms with van der Waals surface area (Å²) in [6, 6.07) is 69.5. The van der Waals surface area contributed by atoms with E-state index in [0.717, 1.165) is 18.5 Å². The molecule has 306 valence electrons. The number of halogens is 5. The van der Waals surface area contributed by atoms with Gasteiger partial charge in [-0.05, 0) is 79.5 Å². The second kappa shape index (κ2) is 26.3. The molecule has 0 aliphatic heterocycles. The maximum Gasteiger partial charge on any atom is 3.00 e. The molecule has 0 saturated carbocycles. The molecule has 0 atom stereocenters. The average molecular weight is 989 g/mol. The molecule has 4 nitrogen and oxygen atoms in total. The third kappa shape index (κ3) is 16.6. The van der Waals surface area contributed by atoms with E-state index >= 15 is 0 Å². The predicted molar refractivity (Wildman–Crippen MR) is 227 cm³/mol. The van der Waals surface area contributed by atoms with Gasteiger partial charge in [-0.2, -0.15) is 18.4 Å². The van der Waals surface area contributed by atoms with E-state index in [1.54, 1.807) is 6.07 Å². The van der Waals surface area contributed by atoms with Crippen molar-refractivity contribution in [3.63, 3.8) is 0 Å². The maximum absolute atomic E-state index is 10.7. The molecule has 0 radical (unpaired) electrons. The van der Waals surface area contributed by atoms with Crippen molar-refractivity contribution < 1.29 is 70.4 Å². The van der Waals surface area contributed by atoms with Crippen molar-refractivity contribution in [2.24, 2.45) is 5.41 Å². The van der Waals surface area contributed by atoms with Gasteiger partial charge in [0.2, 0.25) is 0 Å². The van der Waals surface area contributed by atoms with Gasteiger partial charge in [0, 0.05) is 6.92 Å². The molecule has 0 aliphatic carbocycles. The zero-order valence-corrected chi connectivity index (χ0v) is 38.2. The standard InChI is InChI=1S/C41H39P3.C2H3N.CHF3O3S.2ClH.Rh/c1-41(32-42(35-20-8-2-9-21-35)36-22-10-3-11-23-36,33-43(37-24-12-4-13-25-37)38-26-14-5-15-27-38)34-44(39-28-16-6-17-29-39)40-30-18-7-19-31-40;1-2-3;2-1(3,4)8(5,6)7;;;/h2-31H,32-34H2,1H3;1H3;(H,5,6,7);2*1H;/q;;;;;+3/p-3. The van der Waals surface area contributed by atoms with Crippen LogP contribution in [-0.4, -0.2) is 37.0 Å². The van der Waals surface area contributed by atoms with Crippen molar-refractivity contribution in [3.05, 3.63) is 182 Å². The Hall–Kier alpha value is -3.00. The van der Waals surface area contributed by atoms with Crippen LogP contribution in [0.4, 0.5) is 13.2 Å². The Morgan fingerprint density at radius 2 is 0.638 bits per heavy atom. The minimum Gasteiger partial charge on any atom is -1.00 e. The van der Waals surface area contributed by atoms with Crippen LogP contribution in [0.3, 0.4) is 0 Å². The quantitative estimate of drug-likeness (QED) is 0.0819. The van der Waals surface area contributed by atoms with Crippen LogP contribution in [0.1, 0.15) is 13.8 Å². The average Bonchev–Trinajstić information content (AvgIpc) is 3.20. The van der Waals surface area contributed by atoms with Crippen LogP contribution < -0.4 is 56.6 Å². The minimum absolute atomic E-state index is 0.